The Labute approximate surface area is 132 Å². The van der Waals surface area contributed by atoms with E-state index < -0.39 is 0 Å². The summed E-state index contributed by atoms with van der Waals surface area (Å²) in [6, 6.07) is 8.77. The number of nitrogens with zero attached hydrogens (tertiary/aromatic N) is 1. The number of benzene rings is 1. The lowest BCUT2D eigenvalue weighted by Gasteiger charge is -2.16. The van der Waals surface area contributed by atoms with Crippen molar-refractivity contribution in [2.24, 2.45) is 0 Å². The molecule has 0 saturated heterocycles. The Morgan fingerprint density at radius 2 is 1.82 bits per heavy atom. The molecule has 1 aliphatic rings. The van der Waals surface area contributed by atoms with Crippen LogP contribution in [0.4, 0.5) is 0 Å². The van der Waals surface area contributed by atoms with Gasteiger partial charge in [0.2, 0.25) is 0 Å². The second-order valence-corrected chi connectivity index (χ2v) is 6.15. The summed E-state index contributed by atoms with van der Waals surface area (Å²) in [5.41, 5.74) is 9.81. The van der Waals surface area contributed by atoms with Crippen molar-refractivity contribution >= 4 is 16.7 Å². The third kappa shape index (κ3) is 2.82. The monoisotopic (exact) mass is 290 g/mol. The minimum Gasteiger partial charge on any atom is -0.278 e. The molecule has 3 rings (SSSR count). The topological polar surface area (TPSA) is 28.7 Å². The van der Waals surface area contributed by atoms with Crippen LogP contribution in [0.25, 0.3) is 16.7 Å². The molecule has 0 spiro atoms. The van der Waals surface area contributed by atoms with Crippen molar-refractivity contribution in [3.63, 3.8) is 0 Å². The fourth-order valence-corrected chi connectivity index (χ4v) is 2.96. The highest BCUT2D eigenvalue weighted by atomic mass is 15.1. The van der Waals surface area contributed by atoms with E-state index in [1.54, 1.807) is 0 Å². The molecule has 112 valence electrons. The molecule has 2 aromatic rings. The largest absolute Gasteiger partial charge is 0.278 e. The normalized spacial score (nSPS) is 14.5. The van der Waals surface area contributed by atoms with Crippen LogP contribution in [0.15, 0.2) is 43.0 Å². The van der Waals surface area contributed by atoms with Gasteiger partial charge in [0, 0.05) is 0 Å². The molecule has 0 saturated carbocycles. The lowest BCUT2D eigenvalue weighted by molar-refractivity contribution is 1.02. The molecule has 1 aromatic heterocycles. The first-order chi connectivity index (χ1) is 10.5. The van der Waals surface area contributed by atoms with E-state index in [1.165, 1.54) is 27.8 Å². The number of hydrogen-bond acceptors (Lipinski definition) is 1. The van der Waals surface area contributed by atoms with Gasteiger partial charge in [0.05, 0.1) is 11.4 Å². The Morgan fingerprint density at radius 3 is 2.41 bits per heavy atom. The molecule has 22 heavy (non-hydrogen) atoms. The molecule has 0 aliphatic heterocycles. The number of aryl methyl sites for hydroxylation is 2. The fourth-order valence-electron chi connectivity index (χ4n) is 2.96. The molecule has 0 radical (unpaired) electrons. The number of aromatic amines is 1. The predicted molar refractivity (Wildman–Crippen MR) is 94.4 cm³/mol. The molecule has 1 heterocycles. The number of aromatic nitrogens is 2. The summed E-state index contributed by atoms with van der Waals surface area (Å²) < 4.78 is 0. The zero-order chi connectivity index (χ0) is 15.7. The molecule has 0 amide bonds. The van der Waals surface area contributed by atoms with Gasteiger partial charge in [0.15, 0.2) is 0 Å². The number of H-pyrrole nitrogens is 1. The molecular weight excluding hydrogens is 268 g/mol. The van der Waals surface area contributed by atoms with Crippen molar-refractivity contribution in [2.45, 2.75) is 33.6 Å². The molecule has 0 atom stereocenters. The van der Waals surface area contributed by atoms with Crippen LogP contribution in [-0.4, -0.2) is 10.2 Å². The van der Waals surface area contributed by atoms with Crippen LogP contribution in [0.3, 0.4) is 0 Å². The second-order valence-electron chi connectivity index (χ2n) is 6.15. The number of rotatable bonds is 3. The Morgan fingerprint density at radius 1 is 1.09 bits per heavy atom. The minimum absolute atomic E-state index is 0.944. The summed E-state index contributed by atoms with van der Waals surface area (Å²) >= 11 is 0. The molecule has 2 nitrogen and oxygen atoms in total. The highest BCUT2D eigenvalue weighted by Gasteiger charge is 2.13. The molecule has 0 fully saturated rings. The first-order valence-electron chi connectivity index (χ1n) is 7.73. The highest BCUT2D eigenvalue weighted by molar-refractivity contribution is 5.79. The average molecular weight is 290 g/mol. The van der Waals surface area contributed by atoms with Gasteiger partial charge in [-0.25, -0.2) is 0 Å². The van der Waals surface area contributed by atoms with E-state index in [1.807, 2.05) is 6.92 Å². The van der Waals surface area contributed by atoms with Crippen LogP contribution in [0, 0.1) is 13.8 Å². The summed E-state index contributed by atoms with van der Waals surface area (Å²) in [7, 11) is 0. The quantitative estimate of drug-likeness (QED) is 0.814. The van der Waals surface area contributed by atoms with Crippen molar-refractivity contribution in [3.05, 3.63) is 71.1 Å². The van der Waals surface area contributed by atoms with Crippen molar-refractivity contribution in [2.75, 3.05) is 0 Å². The smallest absolute Gasteiger partial charge is 0.0878 e. The van der Waals surface area contributed by atoms with Gasteiger partial charge in [-0.05, 0) is 67.5 Å². The van der Waals surface area contributed by atoms with E-state index in [0.717, 1.165) is 29.8 Å². The number of hydrogen-bond donors (Lipinski definition) is 1. The van der Waals surface area contributed by atoms with Gasteiger partial charge in [-0.3, -0.25) is 5.10 Å². The first-order valence-corrected chi connectivity index (χ1v) is 7.73. The number of allylic oxidation sites excluding steroid dienone is 5. The van der Waals surface area contributed by atoms with E-state index in [2.05, 4.69) is 67.0 Å². The maximum atomic E-state index is 4.31. The van der Waals surface area contributed by atoms with Crippen LogP contribution in [-0.2, 0) is 0 Å². The lowest BCUT2D eigenvalue weighted by atomic mass is 9.89. The van der Waals surface area contributed by atoms with Crippen LogP contribution in [0.2, 0.25) is 0 Å². The SMILES string of the molecule is C=C(C)c1cc(C2=CC=C(c3ccc(C)cc3C)CC2)[nH]n1. The summed E-state index contributed by atoms with van der Waals surface area (Å²) in [6.07, 6.45) is 6.57. The third-order valence-corrected chi connectivity index (χ3v) is 4.24. The van der Waals surface area contributed by atoms with Gasteiger partial charge in [-0.1, -0.05) is 42.5 Å². The van der Waals surface area contributed by atoms with Crippen LogP contribution in [0.5, 0.6) is 0 Å². The molecule has 2 heteroatoms. The van der Waals surface area contributed by atoms with Crippen LogP contribution in [0.1, 0.15) is 47.8 Å². The maximum Gasteiger partial charge on any atom is 0.0878 e. The second kappa shape index (κ2) is 5.80. The van der Waals surface area contributed by atoms with E-state index in [9.17, 15) is 0 Å². The Kier molecular flexibility index (Phi) is 3.84. The summed E-state index contributed by atoms with van der Waals surface area (Å²) in [4.78, 5) is 0. The van der Waals surface area contributed by atoms with Crippen LogP contribution < -0.4 is 0 Å². The van der Waals surface area contributed by atoms with Gasteiger partial charge in [-0.2, -0.15) is 5.10 Å². The van der Waals surface area contributed by atoms with Gasteiger partial charge >= 0.3 is 0 Å². The van der Waals surface area contributed by atoms with E-state index in [-0.39, 0.29) is 0 Å². The zero-order valence-corrected chi connectivity index (χ0v) is 13.5. The summed E-state index contributed by atoms with van der Waals surface area (Å²) in [5, 5.41) is 7.43. The van der Waals surface area contributed by atoms with Crippen molar-refractivity contribution in [1.29, 1.82) is 0 Å². The molecular formula is C20H22N2. The molecule has 0 bridgehead atoms. The van der Waals surface area contributed by atoms with Gasteiger partial charge < -0.3 is 0 Å². The fraction of sp³-hybridized carbons (Fsp3) is 0.250. The van der Waals surface area contributed by atoms with E-state index in [0.29, 0.717) is 0 Å². The van der Waals surface area contributed by atoms with Crippen LogP contribution >= 0.6 is 0 Å². The average Bonchev–Trinajstić information content (AvgIpc) is 2.98. The number of nitrogens with one attached hydrogen (secondary N) is 1. The van der Waals surface area contributed by atoms with Gasteiger partial charge in [0.1, 0.15) is 0 Å². The third-order valence-electron chi connectivity index (χ3n) is 4.24. The first kappa shape index (κ1) is 14.6. The summed E-state index contributed by atoms with van der Waals surface area (Å²) in [5.74, 6) is 0. The predicted octanol–water partition coefficient (Wildman–Crippen LogP) is 5.32. The summed E-state index contributed by atoms with van der Waals surface area (Å²) in [6.45, 7) is 10.2. The Balaban J connectivity index is 1.88. The van der Waals surface area contributed by atoms with Crippen molar-refractivity contribution in [1.82, 2.24) is 10.2 Å². The molecule has 1 aromatic carbocycles. The standard InChI is InChI=1S/C20H22N2/c1-13(2)19-12-20(22-21-19)17-8-6-16(7-9-17)18-10-5-14(3)11-15(18)4/h5-6,8,10-12H,1,7,9H2,2-4H3,(H,21,22). The zero-order valence-electron chi connectivity index (χ0n) is 13.5. The van der Waals surface area contributed by atoms with Crippen molar-refractivity contribution < 1.29 is 0 Å². The molecule has 1 aliphatic carbocycles. The Bertz CT molecular complexity index is 788. The van der Waals surface area contributed by atoms with Crippen molar-refractivity contribution in [3.8, 4) is 0 Å². The highest BCUT2D eigenvalue weighted by Crippen LogP contribution is 2.33. The molecule has 0 unspecified atom stereocenters. The molecule has 1 N–H and O–H groups in total. The Hall–Kier alpha value is -2.35. The van der Waals surface area contributed by atoms with Gasteiger partial charge in [-0.15, -0.1) is 0 Å². The van der Waals surface area contributed by atoms with Gasteiger partial charge in [0.25, 0.3) is 0 Å². The van der Waals surface area contributed by atoms with E-state index in [4.69, 9.17) is 0 Å². The lowest BCUT2D eigenvalue weighted by Crippen LogP contribution is -1.96. The maximum absolute atomic E-state index is 4.31. The van der Waals surface area contributed by atoms with E-state index >= 15 is 0 Å². The minimum atomic E-state index is 0.944.